The lowest BCUT2D eigenvalue weighted by molar-refractivity contribution is -0.116. The smallest absolute Gasteiger partial charge is 0.340 e. The Hall–Kier alpha value is -3.00. The van der Waals surface area contributed by atoms with Gasteiger partial charge in [-0.1, -0.05) is 36.0 Å². The first kappa shape index (κ1) is 18.8. The topological polar surface area (TPSA) is 93.0 Å². The van der Waals surface area contributed by atoms with Crippen LogP contribution >= 0.6 is 11.8 Å². The highest BCUT2D eigenvalue weighted by Gasteiger charge is 2.18. The van der Waals surface area contributed by atoms with Gasteiger partial charge in [0.15, 0.2) is 5.17 Å². The molecule has 1 aromatic carbocycles. The van der Waals surface area contributed by atoms with Gasteiger partial charge in [0.25, 0.3) is 0 Å². The average molecular weight is 382 g/mol. The molecule has 0 bridgehead atoms. The number of ether oxygens (including phenoxy) is 1. The second-order valence-corrected chi connectivity index (χ2v) is 6.64. The van der Waals surface area contributed by atoms with Crippen molar-refractivity contribution in [3.8, 4) is 11.3 Å². The van der Waals surface area contributed by atoms with Crippen LogP contribution < -0.4 is 5.32 Å². The summed E-state index contributed by atoms with van der Waals surface area (Å²) in [6, 6.07) is 9.24. The number of amidine groups is 1. The van der Waals surface area contributed by atoms with Crippen LogP contribution in [0.5, 0.6) is 0 Å². The van der Waals surface area contributed by atoms with Gasteiger partial charge in [-0.25, -0.2) is 4.79 Å². The zero-order valence-electron chi connectivity index (χ0n) is 14.9. The monoisotopic (exact) mass is 382 g/mol. The lowest BCUT2D eigenvalue weighted by Crippen LogP contribution is -2.19. The van der Waals surface area contributed by atoms with Crippen LogP contribution in [0.15, 0.2) is 46.7 Å². The first-order valence-electron chi connectivity index (χ1n) is 8.35. The van der Waals surface area contributed by atoms with E-state index < -0.39 is 0 Å². The number of aryl methyl sites for hydroxylation is 1. The summed E-state index contributed by atoms with van der Waals surface area (Å²) in [5, 5.41) is 11.1. The molecule has 1 amide bonds. The lowest BCUT2D eigenvalue weighted by Gasteiger charge is -2.11. The Morgan fingerprint density at radius 3 is 2.78 bits per heavy atom. The van der Waals surface area contributed by atoms with Crippen LogP contribution in [0.2, 0.25) is 0 Å². The fourth-order valence-electron chi connectivity index (χ4n) is 2.49. The number of pyridine rings is 1. The molecule has 0 saturated carbocycles. The van der Waals surface area contributed by atoms with E-state index in [4.69, 9.17) is 4.74 Å². The first-order chi connectivity index (χ1) is 13.1. The van der Waals surface area contributed by atoms with Crippen LogP contribution in [0.1, 0.15) is 28.4 Å². The minimum absolute atomic E-state index is 0.0682. The maximum Gasteiger partial charge on any atom is 0.340 e. The van der Waals surface area contributed by atoms with Crippen LogP contribution in [0.4, 0.5) is 0 Å². The third-order valence-electron chi connectivity index (χ3n) is 3.76. The Bertz CT molecular complexity index is 923. The fourth-order valence-corrected chi connectivity index (χ4v) is 3.12. The summed E-state index contributed by atoms with van der Waals surface area (Å²) >= 11 is 1.32. The van der Waals surface area contributed by atoms with Crippen molar-refractivity contribution in [1.29, 1.82) is 0 Å². The SMILES string of the molecule is CCOC(=O)c1c(C)ccnc1-c1ccc(C=NN=C2NC(=O)CS2)cc1. The second kappa shape index (κ2) is 8.59. The molecule has 1 aromatic heterocycles. The maximum absolute atomic E-state index is 12.3. The molecule has 3 rings (SSSR count). The third-order valence-corrected chi connectivity index (χ3v) is 4.63. The molecule has 2 heterocycles. The van der Waals surface area contributed by atoms with Crippen molar-refractivity contribution in [2.45, 2.75) is 13.8 Å². The lowest BCUT2D eigenvalue weighted by atomic mass is 10.0. The zero-order chi connectivity index (χ0) is 19.2. The molecule has 7 nitrogen and oxygen atoms in total. The van der Waals surface area contributed by atoms with E-state index in [1.807, 2.05) is 31.2 Å². The summed E-state index contributed by atoms with van der Waals surface area (Å²) in [6.07, 6.45) is 3.27. The number of carbonyl (C=O) groups excluding carboxylic acids is 2. The van der Waals surface area contributed by atoms with Crippen molar-refractivity contribution in [2.75, 3.05) is 12.4 Å². The Morgan fingerprint density at radius 1 is 1.33 bits per heavy atom. The van der Waals surface area contributed by atoms with Gasteiger partial charge in [-0.05, 0) is 31.0 Å². The molecular formula is C19H18N4O3S. The number of amides is 1. The Kier molecular flexibility index (Phi) is 5.97. The van der Waals surface area contributed by atoms with Crippen LogP contribution in [-0.4, -0.2) is 40.6 Å². The minimum Gasteiger partial charge on any atom is -0.462 e. The van der Waals surface area contributed by atoms with E-state index in [9.17, 15) is 9.59 Å². The highest BCUT2D eigenvalue weighted by molar-refractivity contribution is 8.15. The van der Waals surface area contributed by atoms with E-state index in [-0.39, 0.29) is 11.9 Å². The summed E-state index contributed by atoms with van der Waals surface area (Å²) in [4.78, 5) is 27.7. The Morgan fingerprint density at radius 2 is 2.11 bits per heavy atom. The van der Waals surface area contributed by atoms with E-state index in [0.29, 0.717) is 28.8 Å². The number of nitrogens with zero attached hydrogens (tertiary/aromatic N) is 3. The molecule has 8 heteroatoms. The molecule has 1 saturated heterocycles. The number of thioether (sulfide) groups is 1. The predicted molar refractivity (Wildman–Crippen MR) is 106 cm³/mol. The van der Waals surface area contributed by atoms with Crippen molar-refractivity contribution < 1.29 is 14.3 Å². The van der Waals surface area contributed by atoms with Crippen LogP contribution in [0, 0.1) is 6.92 Å². The van der Waals surface area contributed by atoms with Crippen LogP contribution in [0.3, 0.4) is 0 Å². The molecule has 1 aliphatic heterocycles. The van der Waals surface area contributed by atoms with E-state index in [1.54, 1.807) is 25.4 Å². The van der Waals surface area contributed by atoms with E-state index >= 15 is 0 Å². The van der Waals surface area contributed by atoms with Gasteiger partial charge < -0.3 is 10.1 Å². The number of esters is 1. The highest BCUT2D eigenvalue weighted by Crippen LogP contribution is 2.25. The van der Waals surface area contributed by atoms with E-state index in [2.05, 4.69) is 20.5 Å². The molecule has 27 heavy (non-hydrogen) atoms. The van der Waals surface area contributed by atoms with Crippen LogP contribution in [-0.2, 0) is 9.53 Å². The molecule has 138 valence electrons. The van der Waals surface area contributed by atoms with Gasteiger partial charge in [0.05, 0.1) is 29.8 Å². The number of benzene rings is 1. The number of carbonyl (C=O) groups is 2. The van der Waals surface area contributed by atoms with Gasteiger partial charge in [0.1, 0.15) is 0 Å². The van der Waals surface area contributed by atoms with Crippen molar-refractivity contribution >= 4 is 35.0 Å². The molecule has 0 atom stereocenters. The summed E-state index contributed by atoms with van der Waals surface area (Å²) in [5.74, 6) is -0.0768. The van der Waals surface area contributed by atoms with Gasteiger partial charge in [-0.15, -0.1) is 5.10 Å². The number of hydrogen-bond donors (Lipinski definition) is 1. The minimum atomic E-state index is -0.379. The first-order valence-corrected chi connectivity index (χ1v) is 9.34. The summed E-state index contributed by atoms with van der Waals surface area (Å²) in [5.41, 5.74) is 3.52. The molecule has 1 fully saturated rings. The Labute approximate surface area is 160 Å². The number of hydrogen-bond acceptors (Lipinski definition) is 7. The molecule has 0 unspecified atom stereocenters. The van der Waals surface area contributed by atoms with Gasteiger partial charge >= 0.3 is 5.97 Å². The molecule has 2 aromatic rings. The largest absolute Gasteiger partial charge is 0.462 e. The quantitative estimate of drug-likeness (QED) is 0.488. The van der Waals surface area contributed by atoms with Crippen LogP contribution in [0.25, 0.3) is 11.3 Å². The van der Waals surface area contributed by atoms with Crippen molar-refractivity contribution in [3.63, 3.8) is 0 Å². The van der Waals surface area contributed by atoms with Gasteiger partial charge in [-0.3, -0.25) is 9.78 Å². The second-order valence-electron chi connectivity index (χ2n) is 5.68. The third kappa shape index (κ3) is 4.59. The zero-order valence-corrected chi connectivity index (χ0v) is 15.7. The highest BCUT2D eigenvalue weighted by atomic mass is 32.2. The summed E-state index contributed by atoms with van der Waals surface area (Å²) in [6.45, 7) is 3.94. The summed E-state index contributed by atoms with van der Waals surface area (Å²) in [7, 11) is 0. The Balaban J connectivity index is 1.81. The standard InChI is InChI=1S/C19H18N4O3S/c1-3-26-18(25)16-12(2)8-9-20-17(16)14-6-4-13(5-7-14)10-21-23-19-22-15(24)11-27-19/h4-10H,3,11H2,1-2H3,(H,22,23,24). The van der Waals surface area contributed by atoms with Crippen molar-refractivity contribution in [1.82, 2.24) is 10.3 Å². The van der Waals surface area contributed by atoms with Crippen molar-refractivity contribution in [2.24, 2.45) is 10.2 Å². The number of aromatic nitrogens is 1. The van der Waals surface area contributed by atoms with Gasteiger partial charge in [0.2, 0.25) is 5.91 Å². The maximum atomic E-state index is 12.3. The van der Waals surface area contributed by atoms with Gasteiger partial charge in [-0.2, -0.15) is 5.10 Å². The molecule has 0 spiro atoms. The van der Waals surface area contributed by atoms with E-state index in [1.165, 1.54) is 11.8 Å². The molecule has 0 aliphatic carbocycles. The van der Waals surface area contributed by atoms with E-state index in [0.717, 1.165) is 16.7 Å². The fraction of sp³-hybridized carbons (Fsp3) is 0.211. The summed E-state index contributed by atoms with van der Waals surface area (Å²) < 4.78 is 5.16. The van der Waals surface area contributed by atoms with Crippen molar-refractivity contribution in [3.05, 3.63) is 53.2 Å². The normalized spacial score (nSPS) is 15.3. The predicted octanol–water partition coefficient (Wildman–Crippen LogP) is 2.79. The van der Waals surface area contributed by atoms with Gasteiger partial charge in [0, 0.05) is 11.8 Å². The molecular weight excluding hydrogens is 364 g/mol. The molecule has 0 radical (unpaired) electrons. The average Bonchev–Trinajstić information content (AvgIpc) is 3.07. The number of rotatable bonds is 5. The molecule has 1 aliphatic rings. The number of nitrogens with one attached hydrogen (secondary N) is 1. The molecule has 1 N–H and O–H groups in total.